The highest BCUT2D eigenvalue weighted by Gasteiger charge is 2.23. The molecule has 0 amide bonds. The van der Waals surface area contributed by atoms with Crippen LogP contribution in [0.2, 0.25) is 0 Å². The van der Waals surface area contributed by atoms with Crippen molar-refractivity contribution in [1.29, 1.82) is 0 Å². The zero-order valence-electron chi connectivity index (χ0n) is 6.62. The third-order valence-corrected chi connectivity index (χ3v) is 3.87. The molecule has 0 fully saturated rings. The van der Waals surface area contributed by atoms with Crippen molar-refractivity contribution in [3.63, 3.8) is 0 Å². The molecule has 0 heterocycles. The predicted molar refractivity (Wildman–Crippen MR) is 46.9 cm³/mol. The number of allylic oxidation sites excluding steroid dienone is 2. The Morgan fingerprint density at radius 1 is 1.60 bits per heavy atom. The minimum atomic E-state index is 0.106. The number of hydrogen-bond donors (Lipinski definition) is 1. The van der Waals surface area contributed by atoms with E-state index in [1.54, 1.807) is 0 Å². The lowest BCUT2D eigenvalue weighted by Gasteiger charge is -2.20. The van der Waals surface area contributed by atoms with Gasteiger partial charge in [0.05, 0.1) is 0 Å². The van der Waals surface area contributed by atoms with E-state index in [0.29, 0.717) is 18.2 Å². The number of aliphatic hydroxyl groups is 1. The zero-order chi connectivity index (χ0) is 7.56. The van der Waals surface area contributed by atoms with Gasteiger partial charge in [-0.15, -0.1) is 7.92 Å². The van der Waals surface area contributed by atoms with E-state index in [9.17, 15) is 0 Å². The molecule has 1 rings (SSSR count). The Morgan fingerprint density at radius 3 is 2.70 bits per heavy atom. The van der Waals surface area contributed by atoms with Gasteiger partial charge in [0.25, 0.3) is 0 Å². The van der Waals surface area contributed by atoms with Gasteiger partial charge in [0.1, 0.15) is 0 Å². The van der Waals surface area contributed by atoms with E-state index in [-0.39, 0.29) is 7.92 Å². The van der Waals surface area contributed by atoms with Crippen LogP contribution in [0.3, 0.4) is 0 Å². The summed E-state index contributed by atoms with van der Waals surface area (Å²) < 4.78 is 0. The molecule has 0 aromatic carbocycles. The van der Waals surface area contributed by atoms with Gasteiger partial charge >= 0.3 is 0 Å². The second-order valence-electron chi connectivity index (χ2n) is 3.06. The van der Waals surface area contributed by atoms with Crippen molar-refractivity contribution in [1.82, 2.24) is 0 Å². The van der Waals surface area contributed by atoms with Gasteiger partial charge in [-0.3, -0.25) is 0 Å². The Morgan fingerprint density at radius 2 is 2.30 bits per heavy atom. The third-order valence-electron chi connectivity index (χ3n) is 2.09. The van der Waals surface area contributed by atoms with E-state index in [2.05, 4.69) is 25.5 Å². The van der Waals surface area contributed by atoms with E-state index in [1.807, 2.05) is 0 Å². The molecule has 0 aliphatic heterocycles. The van der Waals surface area contributed by atoms with Gasteiger partial charge in [-0.05, 0) is 25.7 Å². The second-order valence-corrected chi connectivity index (χ2v) is 5.58. The summed E-state index contributed by atoms with van der Waals surface area (Å²) >= 11 is 0. The SMILES string of the molecule is CP(C)C1C=CCC1CO. The van der Waals surface area contributed by atoms with Gasteiger partial charge in [0, 0.05) is 12.3 Å². The maximum atomic E-state index is 8.96. The minimum absolute atomic E-state index is 0.106. The Bertz CT molecular complexity index is 131. The molecule has 2 heteroatoms. The lowest BCUT2D eigenvalue weighted by atomic mass is 10.1. The van der Waals surface area contributed by atoms with Crippen LogP contribution < -0.4 is 0 Å². The van der Waals surface area contributed by atoms with Crippen molar-refractivity contribution < 1.29 is 5.11 Å². The first-order valence-corrected chi connectivity index (χ1v) is 6.00. The van der Waals surface area contributed by atoms with Crippen molar-refractivity contribution in [2.75, 3.05) is 19.9 Å². The van der Waals surface area contributed by atoms with E-state index in [0.717, 1.165) is 6.42 Å². The molecule has 0 spiro atoms. The summed E-state index contributed by atoms with van der Waals surface area (Å²) in [4.78, 5) is 0. The molecule has 1 N–H and O–H groups in total. The first-order chi connectivity index (χ1) is 4.75. The largest absolute Gasteiger partial charge is 0.396 e. The molecule has 2 unspecified atom stereocenters. The summed E-state index contributed by atoms with van der Waals surface area (Å²) in [5.74, 6) is 0.529. The highest BCUT2D eigenvalue weighted by atomic mass is 31.1. The van der Waals surface area contributed by atoms with Crippen LogP contribution in [0.4, 0.5) is 0 Å². The summed E-state index contributed by atoms with van der Waals surface area (Å²) in [6.07, 6.45) is 5.56. The predicted octanol–water partition coefficient (Wildman–Crippen LogP) is 1.66. The van der Waals surface area contributed by atoms with Crippen LogP contribution >= 0.6 is 7.92 Å². The topological polar surface area (TPSA) is 20.2 Å². The quantitative estimate of drug-likeness (QED) is 0.478. The monoisotopic (exact) mass is 158 g/mol. The summed E-state index contributed by atoms with van der Waals surface area (Å²) in [6, 6.07) is 0. The smallest absolute Gasteiger partial charge is 0.0471 e. The Balaban J connectivity index is 2.49. The van der Waals surface area contributed by atoms with Crippen molar-refractivity contribution in [3.05, 3.63) is 12.2 Å². The molecule has 10 heavy (non-hydrogen) atoms. The third kappa shape index (κ3) is 1.59. The molecule has 1 aliphatic rings. The molecule has 0 radical (unpaired) electrons. The molecule has 0 saturated heterocycles. The van der Waals surface area contributed by atoms with Crippen LogP contribution in [-0.4, -0.2) is 30.7 Å². The Kier molecular flexibility index (Phi) is 2.88. The molecule has 0 aromatic heterocycles. The number of rotatable bonds is 2. The summed E-state index contributed by atoms with van der Waals surface area (Å²) in [5, 5.41) is 8.96. The van der Waals surface area contributed by atoms with Gasteiger partial charge in [0.15, 0.2) is 0 Å². The van der Waals surface area contributed by atoms with Gasteiger partial charge in [-0.1, -0.05) is 12.2 Å². The van der Waals surface area contributed by atoms with Crippen molar-refractivity contribution in [2.45, 2.75) is 12.1 Å². The van der Waals surface area contributed by atoms with E-state index < -0.39 is 0 Å². The van der Waals surface area contributed by atoms with Crippen molar-refractivity contribution in [3.8, 4) is 0 Å². The van der Waals surface area contributed by atoms with E-state index >= 15 is 0 Å². The standard InChI is InChI=1S/C8H15OP/c1-10(2)8-5-3-4-7(8)6-9/h3,5,7-9H,4,6H2,1-2H3. The molecule has 1 aliphatic carbocycles. The zero-order valence-corrected chi connectivity index (χ0v) is 7.51. The normalized spacial score (nSPS) is 32.0. The van der Waals surface area contributed by atoms with Crippen LogP contribution in [0.5, 0.6) is 0 Å². The lowest BCUT2D eigenvalue weighted by Crippen LogP contribution is -2.15. The fourth-order valence-electron chi connectivity index (χ4n) is 1.47. The molecule has 0 saturated carbocycles. The van der Waals surface area contributed by atoms with Crippen molar-refractivity contribution >= 4 is 7.92 Å². The van der Waals surface area contributed by atoms with Crippen LogP contribution in [0.25, 0.3) is 0 Å². The van der Waals surface area contributed by atoms with Crippen LogP contribution in [0.15, 0.2) is 12.2 Å². The average molecular weight is 158 g/mol. The molecular weight excluding hydrogens is 143 g/mol. The first kappa shape index (κ1) is 8.23. The number of aliphatic hydroxyl groups excluding tert-OH is 1. The fourth-order valence-corrected chi connectivity index (χ4v) is 2.99. The number of hydrogen-bond acceptors (Lipinski definition) is 1. The van der Waals surface area contributed by atoms with Crippen molar-refractivity contribution in [2.24, 2.45) is 5.92 Å². The minimum Gasteiger partial charge on any atom is -0.396 e. The van der Waals surface area contributed by atoms with Crippen LogP contribution in [0.1, 0.15) is 6.42 Å². The molecular formula is C8H15OP. The summed E-state index contributed by atoms with van der Waals surface area (Å²) in [7, 11) is 0.106. The lowest BCUT2D eigenvalue weighted by molar-refractivity contribution is 0.236. The Hall–Kier alpha value is 0.130. The Labute approximate surface area is 63.9 Å². The molecule has 58 valence electrons. The highest BCUT2D eigenvalue weighted by molar-refractivity contribution is 7.57. The first-order valence-electron chi connectivity index (χ1n) is 3.69. The maximum absolute atomic E-state index is 8.96. The van der Waals surface area contributed by atoms with E-state index in [1.165, 1.54) is 0 Å². The highest BCUT2D eigenvalue weighted by Crippen LogP contribution is 2.42. The average Bonchev–Trinajstić information content (AvgIpc) is 2.33. The van der Waals surface area contributed by atoms with Gasteiger partial charge < -0.3 is 5.11 Å². The van der Waals surface area contributed by atoms with Crippen LogP contribution in [0, 0.1) is 5.92 Å². The second kappa shape index (κ2) is 3.50. The maximum Gasteiger partial charge on any atom is 0.0471 e. The van der Waals surface area contributed by atoms with Gasteiger partial charge in [-0.2, -0.15) is 0 Å². The molecule has 1 nitrogen and oxygen atoms in total. The summed E-state index contributed by atoms with van der Waals surface area (Å²) in [5.41, 5.74) is 0.681. The van der Waals surface area contributed by atoms with E-state index in [4.69, 9.17) is 5.11 Å². The van der Waals surface area contributed by atoms with Crippen LogP contribution in [-0.2, 0) is 0 Å². The molecule has 0 aromatic rings. The van der Waals surface area contributed by atoms with Gasteiger partial charge in [0.2, 0.25) is 0 Å². The molecule has 0 bridgehead atoms. The fraction of sp³-hybridized carbons (Fsp3) is 0.750. The van der Waals surface area contributed by atoms with Gasteiger partial charge in [-0.25, -0.2) is 0 Å². The summed E-state index contributed by atoms with van der Waals surface area (Å²) in [6.45, 7) is 4.91. The molecule has 2 atom stereocenters.